The first kappa shape index (κ1) is 21.2. The maximum absolute atomic E-state index is 13.2. The molecule has 2 aromatic rings. The third kappa shape index (κ3) is 4.54. The van der Waals surface area contributed by atoms with E-state index in [4.69, 9.17) is 0 Å². The molecule has 4 rings (SSSR count). The molecule has 0 spiro atoms. The van der Waals surface area contributed by atoms with E-state index in [1.807, 2.05) is 19.9 Å². The molecule has 0 aliphatic carbocycles. The lowest BCUT2D eigenvalue weighted by atomic mass is 9.83. The lowest BCUT2D eigenvalue weighted by Crippen LogP contribution is -2.61. The van der Waals surface area contributed by atoms with Crippen molar-refractivity contribution in [1.29, 1.82) is 0 Å². The molecule has 1 amide bonds. The molecule has 2 aliphatic heterocycles. The minimum Gasteiger partial charge on any atom is -0.365 e. The Morgan fingerprint density at radius 3 is 2.65 bits per heavy atom. The minimum atomic E-state index is -0.393. The highest BCUT2D eigenvalue weighted by Crippen LogP contribution is 2.38. The highest BCUT2D eigenvalue weighted by molar-refractivity contribution is 5.82. The van der Waals surface area contributed by atoms with Gasteiger partial charge in [0.05, 0.1) is 16.9 Å². The van der Waals surface area contributed by atoms with Crippen LogP contribution in [0.3, 0.4) is 0 Å². The van der Waals surface area contributed by atoms with Gasteiger partial charge in [0.2, 0.25) is 5.91 Å². The van der Waals surface area contributed by atoms with Crippen LogP contribution in [0, 0.1) is 21.8 Å². The summed E-state index contributed by atoms with van der Waals surface area (Å²) in [6, 6.07) is 11.5. The molecule has 2 aromatic carbocycles. The summed E-state index contributed by atoms with van der Waals surface area (Å²) in [4.78, 5) is 28.4. The number of nitrogens with zero attached hydrogens (tertiary/aromatic N) is 3. The molecule has 2 atom stereocenters. The van der Waals surface area contributed by atoms with Gasteiger partial charge in [-0.05, 0) is 49.6 Å². The molecule has 0 bridgehead atoms. The Bertz CT molecular complexity index is 979. The zero-order chi connectivity index (χ0) is 22.1. The molecule has 1 saturated heterocycles. The SMILES string of the molecule is CC(C)NC(=O)[C@H]1Cc2cc([N+](=O)[O-])ccc2N2CCN(Cc3ccc(F)cc3)C[C@@H]12. The van der Waals surface area contributed by atoms with E-state index in [0.717, 1.165) is 29.9 Å². The van der Waals surface area contributed by atoms with Gasteiger partial charge in [0.1, 0.15) is 5.82 Å². The number of nitro benzene ring substituents is 1. The van der Waals surface area contributed by atoms with Crippen molar-refractivity contribution in [3.8, 4) is 0 Å². The highest BCUT2D eigenvalue weighted by atomic mass is 19.1. The van der Waals surface area contributed by atoms with Crippen molar-refractivity contribution >= 4 is 17.3 Å². The lowest BCUT2D eigenvalue weighted by Gasteiger charge is -2.49. The molecular formula is C23H27FN4O3. The van der Waals surface area contributed by atoms with Crippen LogP contribution in [0.4, 0.5) is 15.8 Å². The molecule has 0 radical (unpaired) electrons. The van der Waals surface area contributed by atoms with Gasteiger partial charge in [-0.25, -0.2) is 4.39 Å². The summed E-state index contributed by atoms with van der Waals surface area (Å²) in [5, 5.41) is 14.3. The minimum absolute atomic E-state index is 0.0198. The fraction of sp³-hybridized carbons (Fsp3) is 0.435. The second kappa shape index (κ2) is 8.63. The molecule has 164 valence electrons. The van der Waals surface area contributed by atoms with E-state index in [1.165, 1.54) is 18.2 Å². The van der Waals surface area contributed by atoms with Crippen LogP contribution in [-0.4, -0.2) is 47.4 Å². The number of benzene rings is 2. The summed E-state index contributed by atoms with van der Waals surface area (Å²) < 4.78 is 13.2. The molecule has 2 aliphatic rings. The van der Waals surface area contributed by atoms with E-state index >= 15 is 0 Å². The van der Waals surface area contributed by atoms with Crippen LogP contribution in [0.5, 0.6) is 0 Å². The second-order valence-electron chi connectivity index (χ2n) is 8.67. The fourth-order valence-electron chi connectivity index (χ4n) is 4.67. The Balaban J connectivity index is 1.61. The van der Waals surface area contributed by atoms with Crippen molar-refractivity contribution < 1.29 is 14.1 Å². The summed E-state index contributed by atoms with van der Waals surface area (Å²) in [5.41, 5.74) is 2.91. The maximum Gasteiger partial charge on any atom is 0.269 e. The summed E-state index contributed by atoms with van der Waals surface area (Å²) >= 11 is 0. The van der Waals surface area contributed by atoms with Gasteiger partial charge in [0.25, 0.3) is 5.69 Å². The Morgan fingerprint density at radius 2 is 1.97 bits per heavy atom. The first-order valence-corrected chi connectivity index (χ1v) is 10.6. The number of carbonyl (C=O) groups is 1. The summed E-state index contributed by atoms with van der Waals surface area (Å²) in [6.45, 7) is 6.77. The molecule has 8 heteroatoms. The van der Waals surface area contributed by atoms with Crippen molar-refractivity contribution in [2.45, 2.75) is 38.9 Å². The van der Waals surface area contributed by atoms with Crippen LogP contribution in [0.15, 0.2) is 42.5 Å². The van der Waals surface area contributed by atoms with Gasteiger partial charge in [0, 0.05) is 50.0 Å². The van der Waals surface area contributed by atoms with Crippen LogP contribution in [0.2, 0.25) is 0 Å². The van der Waals surface area contributed by atoms with Crippen LogP contribution in [-0.2, 0) is 17.8 Å². The normalized spacial score (nSPS) is 20.8. The Morgan fingerprint density at radius 1 is 1.23 bits per heavy atom. The Labute approximate surface area is 181 Å². The highest BCUT2D eigenvalue weighted by Gasteiger charge is 2.42. The van der Waals surface area contributed by atoms with Crippen molar-refractivity contribution in [3.63, 3.8) is 0 Å². The lowest BCUT2D eigenvalue weighted by molar-refractivity contribution is -0.384. The predicted octanol–water partition coefficient (Wildman–Crippen LogP) is 3.12. The van der Waals surface area contributed by atoms with Gasteiger partial charge in [-0.3, -0.25) is 19.8 Å². The number of amides is 1. The number of rotatable bonds is 5. The monoisotopic (exact) mass is 426 g/mol. The average Bonchev–Trinajstić information content (AvgIpc) is 2.73. The second-order valence-corrected chi connectivity index (χ2v) is 8.67. The summed E-state index contributed by atoms with van der Waals surface area (Å²) in [6.07, 6.45) is 0.473. The standard InChI is InChI=1S/C23H27FN4O3/c1-15(2)25-23(29)20-12-17-11-19(28(30)31)7-8-21(17)27-10-9-26(14-22(20)27)13-16-3-5-18(24)6-4-16/h3-8,11,15,20,22H,9-10,12-14H2,1-2H3,(H,25,29)/t20-,22-/m0/s1. The van der Waals surface area contributed by atoms with Crippen molar-refractivity contribution in [1.82, 2.24) is 10.2 Å². The predicted molar refractivity (Wildman–Crippen MR) is 116 cm³/mol. The molecule has 31 heavy (non-hydrogen) atoms. The van der Waals surface area contributed by atoms with E-state index in [1.54, 1.807) is 18.2 Å². The third-order valence-electron chi connectivity index (χ3n) is 6.08. The summed E-state index contributed by atoms with van der Waals surface area (Å²) in [7, 11) is 0. The zero-order valence-corrected chi connectivity index (χ0v) is 17.8. The van der Waals surface area contributed by atoms with Gasteiger partial charge in [-0.1, -0.05) is 12.1 Å². The van der Waals surface area contributed by atoms with E-state index < -0.39 is 4.92 Å². The van der Waals surface area contributed by atoms with Crippen LogP contribution in [0.1, 0.15) is 25.0 Å². The van der Waals surface area contributed by atoms with Gasteiger partial charge in [0.15, 0.2) is 0 Å². The van der Waals surface area contributed by atoms with Crippen molar-refractivity contribution in [2.24, 2.45) is 5.92 Å². The fourth-order valence-corrected chi connectivity index (χ4v) is 4.67. The molecule has 0 aromatic heterocycles. The number of piperazine rings is 1. The topological polar surface area (TPSA) is 78.7 Å². The quantitative estimate of drug-likeness (QED) is 0.587. The van der Waals surface area contributed by atoms with E-state index in [-0.39, 0.29) is 35.4 Å². The molecule has 1 fully saturated rings. The number of halogens is 1. The van der Waals surface area contributed by atoms with E-state index in [9.17, 15) is 19.3 Å². The van der Waals surface area contributed by atoms with Gasteiger partial charge >= 0.3 is 0 Å². The number of nitro groups is 1. The molecule has 7 nitrogen and oxygen atoms in total. The van der Waals surface area contributed by atoms with Crippen molar-refractivity contribution in [3.05, 3.63) is 69.5 Å². The average molecular weight is 426 g/mol. The molecular weight excluding hydrogens is 399 g/mol. The number of carbonyl (C=O) groups excluding carboxylic acids is 1. The zero-order valence-electron chi connectivity index (χ0n) is 17.8. The van der Waals surface area contributed by atoms with Crippen molar-refractivity contribution in [2.75, 3.05) is 24.5 Å². The van der Waals surface area contributed by atoms with Crippen LogP contribution < -0.4 is 10.2 Å². The van der Waals surface area contributed by atoms with Gasteiger partial charge in [-0.15, -0.1) is 0 Å². The molecule has 1 N–H and O–H groups in total. The maximum atomic E-state index is 13.2. The summed E-state index contributed by atoms with van der Waals surface area (Å²) in [5.74, 6) is -0.573. The number of non-ortho nitro benzene ring substituents is 1. The Hall–Kier alpha value is -3.00. The number of hydrogen-bond donors (Lipinski definition) is 1. The van der Waals surface area contributed by atoms with Gasteiger partial charge in [-0.2, -0.15) is 0 Å². The Kier molecular flexibility index (Phi) is 5.91. The number of nitrogens with one attached hydrogen (secondary N) is 1. The van der Waals surface area contributed by atoms with Gasteiger partial charge < -0.3 is 10.2 Å². The van der Waals surface area contributed by atoms with Crippen LogP contribution in [0.25, 0.3) is 0 Å². The van der Waals surface area contributed by atoms with E-state index in [0.29, 0.717) is 19.5 Å². The third-order valence-corrected chi connectivity index (χ3v) is 6.08. The van der Waals surface area contributed by atoms with Crippen LogP contribution >= 0.6 is 0 Å². The molecule has 0 unspecified atom stereocenters. The number of hydrogen-bond acceptors (Lipinski definition) is 5. The number of fused-ring (bicyclic) bond motifs is 3. The first-order chi connectivity index (χ1) is 14.8. The smallest absolute Gasteiger partial charge is 0.269 e. The van der Waals surface area contributed by atoms with E-state index in [2.05, 4.69) is 15.1 Å². The molecule has 2 heterocycles. The number of anilines is 1. The largest absolute Gasteiger partial charge is 0.365 e. The first-order valence-electron chi connectivity index (χ1n) is 10.6. The molecule has 0 saturated carbocycles.